The Labute approximate surface area is 409 Å². The van der Waals surface area contributed by atoms with E-state index in [-0.39, 0.29) is 31.1 Å². The minimum absolute atomic E-state index is 0.0757. The highest BCUT2D eigenvalue weighted by Crippen LogP contribution is 2.15. The van der Waals surface area contributed by atoms with Gasteiger partial charge in [0.15, 0.2) is 6.10 Å². The lowest BCUT2D eigenvalue weighted by atomic mass is 10.1. The van der Waals surface area contributed by atoms with E-state index in [0.29, 0.717) is 19.3 Å². The van der Waals surface area contributed by atoms with Crippen LogP contribution in [0.3, 0.4) is 0 Å². The summed E-state index contributed by atoms with van der Waals surface area (Å²) >= 11 is 0. The molecule has 0 fully saturated rings. The van der Waals surface area contributed by atoms with Crippen LogP contribution in [0.2, 0.25) is 0 Å². The van der Waals surface area contributed by atoms with E-state index in [1.165, 1.54) is 180 Å². The van der Waals surface area contributed by atoms with Crippen LogP contribution in [0, 0.1) is 0 Å². The minimum Gasteiger partial charge on any atom is -0.462 e. The molecule has 0 aromatic rings. The van der Waals surface area contributed by atoms with E-state index in [2.05, 4.69) is 69.4 Å². The molecule has 1 unspecified atom stereocenters. The zero-order valence-electron chi connectivity index (χ0n) is 44.0. The Morgan fingerprint density at radius 1 is 0.303 bits per heavy atom. The van der Waals surface area contributed by atoms with Crippen molar-refractivity contribution in [3.8, 4) is 0 Å². The van der Waals surface area contributed by atoms with Crippen LogP contribution in [0.25, 0.3) is 0 Å². The van der Waals surface area contributed by atoms with Gasteiger partial charge in [0, 0.05) is 19.3 Å². The Bertz CT molecular complexity index is 1150. The summed E-state index contributed by atoms with van der Waals surface area (Å²) in [6.07, 6.45) is 66.9. The van der Waals surface area contributed by atoms with Gasteiger partial charge in [-0.1, -0.05) is 243 Å². The van der Waals surface area contributed by atoms with E-state index in [1.54, 1.807) is 0 Å². The maximum Gasteiger partial charge on any atom is 0.306 e. The molecule has 0 bridgehead atoms. The van der Waals surface area contributed by atoms with E-state index in [4.69, 9.17) is 14.2 Å². The quantitative estimate of drug-likeness (QED) is 0.0262. The van der Waals surface area contributed by atoms with Gasteiger partial charge >= 0.3 is 17.9 Å². The number of hydrogen-bond acceptors (Lipinski definition) is 6. The van der Waals surface area contributed by atoms with Crippen molar-refractivity contribution >= 4 is 17.9 Å². The van der Waals surface area contributed by atoms with E-state index in [9.17, 15) is 14.4 Å². The molecule has 0 aliphatic rings. The van der Waals surface area contributed by atoms with Gasteiger partial charge in [-0.3, -0.25) is 14.4 Å². The number of hydrogen-bond donors (Lipinski definition) is 0. The molecule has 384 valence electrons. The predicted molar refractivity (Wildman–Crippen MR) is 284 cm³/mol. The van der Waals surface area contributed by atoms with Gasteiger partial charge in [-0.2, -0.15) is 0 Å². The van der Waals surface area contributed by atoms with Crippen LogP contribution in [-0.4, -0.2) is 37.2 Å². The fourth-order valence-electron chi connectivity index (χ4n) is 8.21. The first-order valence-corrected chi connectivity index (χ1v) is 28.6. The van der Waals surface area contributed by atoms with Gasteiger partial charge in [-0.25, -0.2) is 0 Å². The van der Waals surface area contributed by atoms with Crippen molar-refractivity contribution in [1.82, 2.24) is 0 Å². The van der Waals surface area contributed by atoms with Crippen LogP contribution in [0.5, 0.6) is 0 Å². The Balaban J connectivity index is 4.20. The number of allylic oxidation sites excluding steroid dienone is 8. The molecule has 0 aromatic carbocycles. The molecular formula is C60H108O6. The zero-order valence-corrected chi connectivity index (χ0v) is 44.0. The zero-order chi connectivity index (χ0) is 47.9. The lowest BCUT2D eigenvalue weighted by Crippen LogP contribution is -2.30. The number of rotatable bonds is 52. The molecule has 0 aliphatic carbocycles. The topological polar surface area (TPSA) is 78.9 Å². The fraction of sp³-hybridized carbons (Fsp3) is 0.817. The fourth-order valence-corrected chi connectivity index (χ4v) is 8.21. The Kier molecular flexibility index (Phi) is 52.8. The van der Waals surface area contributed by atoms with Crippen molar-refractivity contribution < 1.29 is 28.6 Å². The Morgan fingerprint density at radius 3 is 0.864 bits per heavy atom. The van der Waals surface area contributed by atoms with E-state index in [0.717, 1.165) is 77.0 Å². The molecule has 0 aliphatic heterocycles. The first-order valence-electron chi connectivity index (χ1n) is 28.6. The van der Waals surface area contributed by atoms with Gasteiger partial charge in [0.05, 0.1) is 0 Å². The maximum absolute atomic E-state index is 12.8. The second-order valence-corrected chi connectivity index (χ2v) is 19.2. The summed E-state index contributed by atoms with van der Waals surface area (Å²) in [5.74, 6) is -0.883. The average molecular weight is 926 g/mol. The molecule has 1 atom stereocenters. The van der Waals surface area contributed by atoms with Gasteiger partial charge in [0.2, 0.25) is 0 Å². The first-order chi connectivity index (χ1) is 32.5. The molecule has 0 saturated heterocycles. The van der Waals surface area contributed by atoms with Crippen molar-refractivity contribution in [2.75, 3.05) is 13.2 Å². The minimum atomic E-state index is -0.775. The van der Waals surface area contributed by atoms with Crippen molar-refractivity contribution in [3.63, 3.8) is 0 Å². The summed E-state index contributed by atoms with van der Waals surface area (Å²) in [5, 5.41) is 0. The monoisotopic (exact) mass is 925 g/mol. The molecule has 0 rings (SSSR count). The third-order valence-electron chi connectivity index (χ3n) is 12.6. The predicted octanol–water partition coefficient (Wildman–Crippen LogP) is 19.0. The van der Waals surface area contributed by atoms with Gasteiger partial charge in [0.1, 0.15) is 13.2 Å². The summed E-state index contributed by atoms with van der Waals surface area (Å²) in [6, 6.07) is 0. The highest BCUT2D eigenvalue weighted by molar-refractivity contribution is 5.71. The van der Waals surface area contributed by atoms with Crippen molar-refractivity contribution in [2.24, 2.45) is 0 Å². The molecule has 0 radical (unpaired) electrons. The maximum atomic E-state index is 12.8. The summed E-state index contributed by atoms with van der Waals surface area (Å²) in [5.41, 5.74) is 0. The molecule has 6 nitrogen and oxygen atoms in total. The standard InChI is InChI=1S/C60H108O6/c1-4-7-10-13-16-18-20-22-24-26-28-29-30-31-32-34-35-37-39-41-44-47-50-53-59(62)65-56-57(55-64-58(61)52-49-46-43-15-12-9-6-3)66-60(63)54-51-48-45-42-40-38-36-33-27-25-23-21-19-17-14-11-8-5-2/h20,22,25-28,30-31,57H,4-19,21,23-24,29,32-56H2,1-3H3/b22-20-,27-25-,28-26-,31-30-. The van der Waals surface area contributed by atoms with Crippen LogP contribution < -0.4 is 0 Å². The first kappa shape index (κ1) is 63.4. The third kappa shape index (κ3) is 52.3. The molecule has 0 heterocycles. The molecule has 0 spiro atoms. The number of unbranched alkanes of at least 4 members (excludes halogenated alkanes) is 33. The van der Waals surface area contributed by atoms with Crippen molar-refractivity contribution in [3.05, 3.63) is 48.6 Å². The SMILES string of the molecule is CCCCCCC/C=C\C/C=C\C/C=C\CCCCCCCCCCC(=O)OCC(COC(=O)CCCCCCCCC)OC(=O)CCCCCCCCC/C=C\CCCCCCCCC. The third-order valence-corrected chi connectivity index (χ3v) is 12.6. The second kappa shape index (κ2) is 55.0. The van der Waals surface area contributed by atoms with Crippen molar-refractivity contribution in [1.29, 1.82) is 0 Å². The van der Waals surface area contributed by atoms with Gasteiger partial charge in [-0.15, -0.1) is 0 Å². The average Bonchev–Trinajstić information content (AvgIpc) is 3.31. The smallest absolute Gasteiger partial charge is 0.306 e. The second-order valence-electron chi connectivity index (χ2n) is 19.2. The highest BCUT2D eigenvalue weighted by atomic mass is 16.6. The summed E-state index contributed by atoms with van der Waals surface area (Å²) in [6.45, 7) is 6.60. The van der Waals surface area contributed by atoms with Crippen molar-refractivity contribution in [2.45, 2.75) is 303 Å². The Hall–Kier alpha value is -2.63. The summed E-state index contributed by atoms with van der Waals surface area (Å²) in [4.78, 5) is 37.9. The molecule has 0 saturated carbocycles. The normalized spacial score (nSPS) is 12.3. The van der Waals surface area contributed by atoms with Crippen LogP contribution in [0.4, 0.5) is 0 Å². The molecule has 6 heteroatoms. The van der Waals surface area contributed by atoms with Crippen LogP contribution in [0.1, 0.15) is 297 Å². The van der Waals surface area contributed by atoms with Gasteiger partial charge in [0.25, 0.3) is 0 Å². The number of ether oxygens (including phenoxy) is 3. The highest BCUT2D eigenvalue weighted by Gasteiger charge is 2.19. The number of esters is 3. The van der Waals surface area contributed by atoms with E-state index in [1.807, 2.05) is 0 Å². The molecular weight excluding hydrogens is 817 g/mol. The summed E-state index contributed by atoms with van der Waals surface area (Å²) in [7, 11) is 0. The molecule has 0 N–H and O–H groups in total. The van der Waals surface area contributed by atoms with Gasteiger partial charge < -0.3 is 14.2 Å². The molecule has 66 heavy (non-hydrogen) atoms. The lowest BCUT2D eigenvalue weighted by molar-refractivity contribution is -0.167. The molecule has 0 amide bonds. The molecule has 0 aromatic heterocycles. The largest absolute Gasteiger partial charge is 0.462 e. The van der Waals surface area contributed by atoms with E-state index < -0.39 is 6.10 Å². The number of carbonyl (C=O) groups excluding carboxylic acids is 3. The van der Waals surface area contributed by atoms with Crippen LogP contribution in [0.15, 0.2) is 48.6 Å². The van der Waals surface area contributed by atoms with Gasteiger partial charge in [-0.05, 0) is 83.5 Å². The lowest BCUT2D eigenvalue weighted by Gasteiger charge is -2.18. The van der Waals surface area contributed by atoms with E-state index >= 15 is 0 Å². The van der Waals surface area contributed by atoms with Crippen LogP contribution >= 0.6 is 0 Å². The Morgan fingerprint density at radius 2 is 0.545 bits per heavy atom. The van der Waals surface area contributed by atoms with Crippen LogP contribution in [-0.2, 0) is 28.6 Å². The summed E-state index contributed by atoms with van der Waals surface area (Å²) < 4.78 is 16.8. The number of carbonyl (C=O) groups is 3.